The van der Waals surface area contributed by atoms with Crippen LogP contribution in [0.4, 0.5) is 0 Å². The average molecular weight is 272 g/mol. The number of fused-ring (bicyclic) bond motifs is 1. The van der Waals surface area contributed by atoms with Crippen molar-refractivity contribution in [1.29, 1.82) is 0 Å². The lowest BCUT2D eigenvalue weighted by molar-refractivity contribution is 0.754. The van der Waals surface area contributed by atoms with E-state index in [1.54, 1.807) is 11.3 Å². The Morgan fingerprint density at radius 3 is 2.89 bits per heavy atom. The molecule has 1 N–H and O–H groups in total. The third-order valence-electron chi connectivity index (χ3n) is 3.74. The highest BCUT2D eigenvalue weighted by molar-refractivity contribution is 7.09. The molecule has 4 rings (SSSR count). The fraction of sp³-hybridized carbons (Fsp3) is 0.500. The third-order valence-corrected chi connectivity index (χ3v) is 4.56. The second kappa shape index (κ2) is 4.35. The Bertz CT molecular complexity index is 630. The fourth-order valence-corrected chi connectivity index (χ4v) is 3.28. The van der Waals surface area contributed by atoms with Gasteiger partial charge in [0.25, 0.3) is 0 Å². The van der Waals surface area contributed by atoms with Crippen LogP contribution in [0.25, 0.3) is 0 Å². The van der Waals surface area contributed by atoms with Gasteiger partial charge in [-0.2, -0.15) is 0 Å². The molecule has 3 heterocycles. The molecule has 2 aromatic heterocycles. The van der Waals surface area contributed by atoms with Gasteiger partial charge in [0, 0.05) is 30.0 Å². The lowest BCUT2D eigenvalue weighted by Crippen LogP contribution is -2.06. The van der Waals surface area contributed by atoms with Crippen LogP contribution in [0.15, 0.2) is 5.38 Å². The van der Waals surface area contributed by atoms with Gasteiger partial charge in [-0.15, -0.1) is 11.3 Å². The number of hydrogen-bond donors (Lipinski definition) is 1. The average Bonchev–Trinajstić information content (AvgIpc) is 3.00. The van der Waals surface area contributed by atoms with Crippen LogP contribution >= 0.6 is 11.3 Å². The van der Waals surface area contributed by atoms with Gasteiger partial charge in [0.05, 0.1) is 28.5 Å². The van der Waals surface area contributed by atoms with Crippen molar-refractivity contribution in [3.8, 4) is 0 Å². The SMILES string of the molecule is Cc1nc(Cc2nc3c(c(C4CC4)n2)CNC3)cs1. The van der Waals surface area contributed by atoms with E-state index in [2.05, 4.69) is 15.7 Å². The van der Waals surface area contributed by atoms with Gasteiger partial charge in [-0.1, -0.05) is 0 Å². The molecule has 0 amide bonds. The molecule has 1 aliphatic carbocycles. The molecular weight excluding hydrogens is 256 g/mol. The summed E-state index contributed by atoms with van der Waals surface area (Å²) in [6.07, 6.45) is 3.34. The molecule has 0 spiro atoms. The standard InChI is InChI=1S/C14H16N4S/c1-8-16-10(7-19-8)4-13-17-12-6-15-5-11(12)14(18-13)9-2-3-9/h7,9,15H,2-6H2,1H3. The maximum absolute atomic E-state index is 4.82. The predicted octanol–water partition coefficient (Wildman–Crippen LogP) is 2.31. The number of aryl methyl sites for hydroxylation is 1. The van der Waals surface area contributed by atoms with E-state index in [0.717, 1.165) is 36.0 Å². The highest BCUT2D eigenvalue weighted by Crippen LogP contribution is 2.41. The van der Waals surface area contributed by atoms with Gasteiger partial charge in [0.2, 0.25) is 0 Å². The Labute approximate surface area is 116 Å². The Hall–Kier alpha value is -1.33. The molecule has 0 atom stereocenters. The summed E-state index contributed by atoms with van der Waals surface area (Å²) >= 11 is 1.69. The van der Waals surface area contributed by atoms with E-state index in [4.69, 9.17) is 9.97 Å². The van der Waals surface area contributed by atoms with Crippen LogP contribution in [0, 0.1) is 6.92 Å². The molecule has 1 fully saturated rings. The van der Waals surface area contributed by atoms with Crippen LogP contribution in [0.2, 0.25) is 0 Å². The largest absolute Gasteiger partial charge is 0.307 e. The molecule has 0 unspecified atom stereocenters. The fourth-order valence-electron chi connectivity index (χ4n) is 2.67. The summed E-state index contributed by atoms with van der Waals surface area (Å²) in [5.41, 5.74) is 4.96. The van der Waals surface area contributed by atoms with Crippen molar-refractivity contribution in [2.45, 2.75) is 45.2 Å². The highest BCUT2D eigenvalue weighted by Gasteiger charge is 2.31. The molecule has 1 saturated carbocycles. The number of nitrogens with one attached hydrogen (secondary N) is 1. The number of rotatable bonds is 3. The van der Waals surface area contributed by atoms with Crippen molar-refractivity contribution >= 4 is 11.3 Å². The maximum atomic E-state index is 4.82. The zero-order chi connectivity index (χ0) is 12.8. The first kappa shape index (κ1) is 11.5. The summed E-state index contributed by atoms with van der Waals surface area (Å²) in [4.78, 5) is 14.1. The Morgan fingerprint density at radius 1 is 1.26 bits per heavy atom. The van der Waals surface area contributed by atoms with Crippen molar-refractivity contribution < 1.29 is 0 Å². The summed E-state index contributed by atoms with van der Waals surface area (Å²) in [6.45, 7) is 3.87. The van der Waals surface area contributed by atoms with Crippen LogP contribution in [-0.4, -0.2) is 15.0 Å². The molecule has 0 aromatic carbocycles. The molecule has 2 aromatic rings. The van der Waals surface area contributed by atoms with Crippen molar-refractivity contribution in [3.63, 3.8) is 0 Å². The van der Waals surface area contributed by atoms with E-state index in [9.17, 15) is 0 Å². The molecular formula is C14H16N4S. The number of thiazole rings is 1. The monoisotopic (exact) mass is 272 g/mol. The quantitative estimate of drug-likeness (QED) is 0.931. The Kier molecular flexibility index (Phi) is 2.63. The van der Waals surface area contributed by atoms with Crippen molar-refractivity contribution in [2.75, 3.05) is 0 Å². The number of aromatic nitrogens is 3. The molecule has 0 radical (unpaired) electrons. The smallest absolute Gasteiger partial charge is 0.134 e. The number of nitrogens with zero attached hydrogens (tertiary/aromatic N) is 3. The van der Waals surface area contributed by atoms with E-state index in [-0.39, 0.29) is 0 Å². The highest BCUT2D eigenvalue weighted by atomic mass is 32.1. The van der Waals surface area contributed by atoms with Gasteiger partial charge in [-0.3, -0.25) is 0 Å². The van der Waals surface area contributed by atoms with Crippen molar-refractivity contribution in [2.24, 2.45) is 0 Å². The van der Waals surface area contributed by atoms with Crippen molar-refractivity contribution in [1.82, 2.24) is 20.3 Å². The van der Waals surface area contributed by atoms with Gasteiger partial charge >= 0.3 is 0 Å². The summed E-state index contributed by atoms with van der Waals surface area (Å²) in [6, 6.07) is 0. The van der Waals surface area contributed by atoms with Gasteiger partial charge < -0.3 is 5.32 Å². The van der Waals surface area contributed by atoms with E-state index >= 15 is 0 Å². The molecule has 0 saturated heterocycles. The predicted molar refractivity (Wildman–Crippen MR) is 74.2 cm³/mol. The van der Waals surface area contributed by atoms with Crippen LogP contribution in [0.1, 0.15) is 52.2 Å². The topological polar surface area (TPSA) is 50.7 Å². The molecule has 19 heavy (non-hydrogen) atoms. The second-order valence-corrected chi connectivity index (χ2v) is 6.43. The molecule has 98 valence electrons. The van der Waals surface area contributed by atoms with Crippen molar-refractivity contribution in [3.05, 3.63) is 38.9 Å². The van der Waals surface area contributed by atoms with E-state index in [0.29, 0.717) is 5.92 Å². The van der Waals surface area contributed by atoms with E-state index in [1.807, 2.05) is 6.92 Å². The molecule has 1 aliphatic heterocycles. The van der Waals surface area contributed by atoms with Crippen LogP contribution in [0.5, 0.6) is 0 Å². The second-order valence-electron chi connectivity index (χ2n) is 5.36. The van der Waals surface area contributed by atoms with Gasteiger partial charge in [-0.25, -0.2) is 15.0 Å². The summed E-state index contributed by atoms with van der Waals surface area (Å²) < 4.78 is 0. The minimum atomic E-state index is 0.688. The van der Waals surface area contributed by atoms with E-state index < -0.39 is 0 Å². The summed E-state index contributed by atoms with van der Waals surface area (Å²) in [5, 5.41) is 6.61. The van der Waals surface area contributed by atoms with E-state index in [1.165, 1.54) is 29.8 Å². The first-order valence-electron chi connectivity index (χ1n) is 6.80. The van der Waals surface area contributed by atoms with Crippen LogP contribution in [0.3, 0.4) is 0 Å². The lowest BCUT2D eigenvalue weighted by atomic mass is 10.1. The van der Waals surface area contributed by atoms with Crippen LogP contribution < -0.4 is 5.32 Å². The first-order valence-corrected chi connectivity index (χ1v) is 7.68. The third kappa shape index (κ3) is 2.17. The van der Waals surface area contributed by atoms with Gasteiger partial charge in [0.1, 0.15) is 5.82 Å². The summed E-state index contributed by atoms with van der Waals surface area (Å²) in [7, 11) is 0. The lowest BCUT2D eigenvalue weighted by Gasteiger charge is -2.08. The number of hydrogen-bond acceptors (Lipinski definition) is 5. The Morgan fingerprint density at radius 2 is 2.16 bits per heavy atom. The van der Waals surface area contributed by atoms with Gasteiger partial charge in [0.15, 0.2) is 0 Å². The molecule has 5 heteroatoms. The zero-order valence-corrected chi connectivity index (χ0v) is 11.8. The first-order chi connectivity index (χ1) is 9.29. The van der Waals surface area contributed by atoms with Crippen LogP contribution in [-0.2, 0) is 19.5 Å². The normalized spacial score (nSPS) is 17.7. The molecule has 0 bridgehead atoms. The maximum Gasteiger partial charge on any atom is 0.134 e. The zero-order valence-electron chi connectivity index (χ0n) is 10.9. The minimum absolute atomic E-state index is 0.688. The minimum Gasteiger partial charge on any atom is -0.307 e. The summed E-state index contributed by atoms with van der Waals surface area (Å²) in [5.74, 6) is 1.63. The van der Waals surface area contributed by atoms with Gasteiger partial charge in [-0.05, 0) is 19.8 Å². The molecule has 4 nitrogen and oxygen atoms in total. The Balaban J connectivity index is 1.70. The molecule has 2 aliphatic rings.